The summed E-state index contributed by atoms with van der Waals surface area (Å²) >= 11 is 0. The van der Waals surface area contributed by atoms with Gasteiger partial charge in [-0.15, -0.1) is 5.10 Å². The summed E-state index contributed by atoms with van der Waals surface area (Å²) in [5.74, 6) is 0.902. The van der Waals surface area contributed by atoms with Crippen LogP contribution in [0.4, 0.5) is 0 Å². The number of rotatable bonds is 7. The largest absolute Gasteiger partial charge is 0.321 e. The smallest absolute Gasteiger partial charge is 0.252 e. The highest BCUT2D eigenvalue weighted by molar-refractivity contribution is 5.81. The predicted molar refractivity (Wildman–Crippen MR) is 128 cm³/mol. The highest BCUT2D eigenvalue weighted by Crippen LogP contribution is 2.35. The second kappa shape index (κ2) is 9.14. The molecule has 1 aliphatic rings. The third-order valence-corrected chi connectivity index (χ3v) is 6.70. The van der Waals surface area contributed by atoms with E-state index >= 15 is 0 Å². The second-order valence-corrected chi connectivity index (χ2v) is 10.2. The van der Waals surface area contributed by atoms with E-state index in [0.717, 1.165) is 53.5 Å². The van der Waals surface area contributed by atoms with Crippen LogP contribution < -0.4 is 5.56 Å². The number of benzene rings is 1. The van der Waals surface area contributed by atoms with Gasteiger partial charge in [-0.05, 0) is 74.4 Å². The van der Waals surface area contributed by atoms with Crippen LogP contribution in [0.5, 0.6) is 0 Å². The Morgan fingerprint density at radius 2 is 2.00 bits per heavy atom. The number of tetrazole rings is 1. The standard InChI is InChI=1S/C25H36N6O/c1-6-10-21(23-27-28-29-31(23)25(3,4)5)30(20-13-7-8-14-20)16-19-15-18-12-9-11-17(2)22(18)26-24(19)32/h9,11-12,15,20-21H,6-8,10,13-14,16H2,1-5H3,(H,26,32)/t21-/m1/s1. The molecule has 0 aliphatic heterocycles. The zero-order valence-electron chi connectivity index (χ0n) is 20.1. The summed E-state index contributed by atoms with van der Waals surface area (Å²) in [5, 5.41) is 14.0. The summed E-state index contributed by atoms with van der Waals surface area (Å²) in [4.78, 5) is 18.7. The zero-order valence-corrected chi connectivity index (χ0v) is 20.1. The average molecular weight is 437 g/mol. The lowest BCUT2D eigenvalue weighted by molar-refractivity contribution is 0.104. The van der Waals surface area contributed by atoms with Crippen LogP contribution in [-0.2, 0) is 12.1 Å². The molecule has 0 bridgehead atoms. The van der Waals surface area contributed by atoms with Gasteiger partial charge in [0.05, 0.1) is 17.1 Å². The van der Waals surface area contributed by atoms with E-state index in [4.69, 9.17) is 0 Å². The van der Waals surface area contributed by atoms with Crippen molar-refractivity contribution in [1.82, 2.24) is 30.1 Å². The first kappa shape index (κ1) is 22.6. The molecule has 3 aromatic rings. The molecule has 7 heteroatoms. The number of hydrogen-bond donors (Lipinski definition) is 1. The molecule has 1 fully saturated rings. The number of para-hydroxylation sites is 1. The molecule has 0 amide bonds. The molecule has 172 valence electrons. The normalized spacial score (nSPS) is 16.3. The Morgan fingerprint density at radius 1 is 1.25 bits per heavy atom. The number of H-pyrrole nitrogens is 1. The van der Waals surface area contributed by atoms with E-state index in [2.05, 4.69) is 65.2 Å². The van der Waals surface area contributed by atoms with Crippen molar-refractivity contribution in [2.75, 3.05) is 0 Å². The lowest BCUT2D eigenvalue weighted by Gasteiger charge is -2.37. The topological polar surface area (TPSA) is 79.7 Å². The molecule has 1 aliphatic carbocycles. The van der Waals surface area contributed by atoms with Gasteiger partial charge in [-0.1, -0.05) is 44.4 Å². The van der Waals surface area contributed by atoms with Gasteiger partial charge in [-0.2, -0.15) is 0 Å². The van der Waals surface area contributed by atoms with Crippen LogP contribution in [-0.4, -0.2) is 36.1 Å². The number of hydrogen-bond acceptors (Lipinski definition) is 5. The van der Waals surface area contributed by atoms with E-state index in [9.17, 15) is 4.79 Å². The van der Waals surface area contributed by atoms with Gasteiger partial charge < -0.3 is 4.98 Å². The fraction of sp³-hybridized carbons (Fsp3) is 0.600. The molecule has 1 N–H and O–H groups in total. The van der Waals surface area contributed by atoms with Crippen LogP contribution in [0, 0.1) is 6.92 Å². The first-order chi connectivity index (χ1) is 15.3. The molecule has 1 aromatic carbocycles. The van der Waals surface area contributed by atoms with Crippen molar-refractivity contribution in [2.45, 2.75) is 97.3 Å². The van der Waals surface area contributed by atoms with Crippen molar-refractivity contribution in [3.63, 3.8) is 0 Å². The van der Waals surface area contributed by atoms with Crippen molar-refractivity contribution < 1.29 is 0 Å². The Hall–Kier alpha value is -2.54. The third-order valence-electron chi connectivity index (χ3n) is 6.70. The molecular weight excluding hydrogens is 400 g/mol. The maximum atomic E-state index is 13.1. The van der Waals surface area contributed by atoms with Gasteiger partial charge in [0, 0.05) is 18.2 Å². The molecule has 0 unspecified atom stereocenters. The maximum absolute atomic E-state index is 13.1. The van der Waals surface area contributed by atoms with Gasteiger partial charge >= 0.3 is 0 Å². The average Bonchev–Trinajstić information content (AvgIpc) is 3.43. The SMILES string of the molecule is CCC[C@H](c1nnnn1C(C)(C)C)N(Cc1cc2cccc(C)c2[nH]c1=O)C1CCCC1. The van der Waals surface area contributed by atoms with Crippen molar-refractivity contribution in [1.29, 1.82) is 0 Å². The van der Waals surface area contributed by atoms with Gasteiger partial charge in [-0.25, -0.2) is 4.68 Å². The van der Waals surface area contributed by atoms with E-state index < -0.39 is 0 Å². The minimum atomic E-state index is -0.204. The first-order valence-corrected chi connectivity index (χ1v) is 12.0. The van der Waals surface area contributed by atoms with Gasteiger partial charge in [0.1, 0.15) is 0 Å². The van der Waals surface area contributed by atoms with E-state index in [1.54, 1.807) is 0 Å². The Balaban J connectivity index is 1.77. The van der Waals surface area contributed by atoms with Crippen molar-refractivity contribution in [3.05, 3.63) is 51.6 Å². The number of aryl methyl sites for hydroxylation is 1. The van der Waals surface area contributed by atoms with Crippen LogP contribution in [0.3, 0.4) is 0 Å². The molecule has 1 atom stereocenters. The molecule has 4 rings (SSSR count). The summed E-state index contributed by atoms with van der Waals surface area (Å²) in [5.41, 5.74) is 2.62. The number of aromatic amines is 1. The van der Waals surface area contributed by atoms with Gasteiger partial charge in [0.2, 0.25) is 0 Å². The Bertz CT molecular complexity index is 1120. The van der Waals surface area contributed by atoms with Crippen LogP contribution >= 0.6 is 0 Å². The fourth-order valence-electron chi connectivity index (χ4n) is 5.07. The van der Waals surface area contributed by atoms with E-state index in [0.29, 0.717) is 12.6 Å². The van der Waals surface area contributed by atoms with E-state index in [-0.39, 0.29) is 17.1 Å². The summed E-state index contributed by atoms with van der Waals surface area (Å²) in [7, 11) is 0. The van der Waals surface area contributed by atoms with Crippen LogP contribution in [0.2, 0.25) is 0 Å². The number of aromatic nitrogens is 5. The Labute approximate surface area is 190 Å². The van der Waals surface area contributed by atoms with Crippen LogP contribution in [0.15, 0.2) is 29.1 Å². The number of nitrogens with one attached hydrogen (secondary N) is 1. The van der Waals surface area contributed by atoms with Gasteiger partial charge in [0.25, 0.3) is 5.56 Å². The highest BCUT2D eigenvalue weighted by atomic mass is 16.1. The van der Waals surface area contributed by atoms with Crippen LogP contribution in [0.25, 0.3) is 10.9 Å². The Morgan fingerprint density at radius 3 is 2.69 bits per heavy atom. The monoisotopic (exact) mass is 436 g/mol. The summed E-state index contributed by atoms with van der Waals surface area (Å²) in [6.07, 6.45) is 6.76. The zero-order chi connectivity index (χ0) is 22.9. The molecule has 2 heterocycles. The van der Waals surface area contributed by atoms with Gasteiger partial charge in [0.15, 0.2) is 5.82 Å². The Kier molecular flexibility index (Phi) is 6.47. The highest BCUT2D eigenvalue weighted by Gasteiger charge is 2.35. The predicted octanol–water partition coefficient (Wildman–Crippen LogP) is 4.86. The molecule has 7 nitrogen and oxygen atoms in total. The number of pyridine rings is 1. The van der Waals surface area contributed by atoms with Crippen LogP contribution in [0.1, 0.15) is 89.2 Å². The molecule has 1 saturated carbocycles. The molecule has 2 aromatic heterocycles. The third kappa shape index (κ3) is 4.49. The minimum absolute atomic E-state index is 0.000425. The number of fused-ring (bicyclic) bond motifs is 1. The fourth-order valence-corrected chi connectivity index (χ4v) is 5.07. The molecule has 32 heavy (non-hydrogen) atoms. The molecule has 0 spiro atoms. The number of nitrogens with zero attached hydrogens (tertiary/aromatic N) is 5. The molecular formula is C25H36N6O. The minimum Gasteiger partial charge on any atom is -0.321 e. The van der Waals surface area contributed by atoms with Gasteiger partial charge in [-0.3, -0.25) is 9.69 Å². The first-order valence-electron chi connectivity index (χ1n) is 12.0. The van der Waals surface area contributed by atoms with Crippen molar-refractivity contribution in [2.24, 2.45) is 0 Å². The van der Waals surface area contributed by atoms with Crippen molar-refractivity contribution in [3.8, 4) is 0 Å². The quantitative estimate of drug-likeness (QED) is 0.572. The maximum Gasteiger partial charge on any atom is 0.252 e. The summed E-state index contributed by atoms with van der Waals surface area (Å²) in [6, 6.07) is 8.73. The van der Waals surface area contributed by atoms with E-state index in [1.165, 1.54) is 12.8 Å². The lowest BCUT2D eigenvalue weighted by atomic mass is 10.0. The molecule has 0 radical (unpaired) electrons. The van der Waals surface area contributed by atoms with E-state index in [1.807, 2.05) is 23.7 Å². The second-order valence-electron chi connectivity index (χ2n) is 10.2. The lowest BCUT2D eigenvalue weighted by Crippen LogP contribution is -2.40. The summed E-state index contributed by atoms with van der Waals surface area (Å²) in [6.45, 7) is 11.2. The molecule has 0 saturated heterocycles. The summed E-state index contributed by atoms with van der Waals surface area (Å²) < 4.78 is 1.96. The van der Waals surface area contributed by atoms with Crippen molar-refractivity contribution >= 4 is 10.9 Å².